The number of nitrogens with zero attached hydrogens (tertiary/aromatic N) is 1. The Morgan fingerprint density at radius 3 is 2.06 bits per heavy atom. The van der Waals surface area contributed by atoms with Gasteiger partial charge >= 0.3 is 5.97 Å². The van der Waals surface area contributed by atoms with E-state index in [9.17, 15) is 9.59 Å². The van der Waals surface area contributed by atoms with Gasteiger partial charge in [-0.15, -0.1) is 0 Å². The smallest absolute Gasteiger partial charge is 0.333 e. The van der Waals surface area contributed by atoms with Crippen LogP contribution in [0.2, 0.25) is 0 Å². The molecule has 3 aromatic rings. The van der Waals surface area contributed by atoms with Crippen molar-refractivity contribution in [2.24, 2.45) is 0 Å². The van der Waals surface area contributed by atoms with Crippen molar-refractivity contribution in [1.29, 1.82) is 0 Å². The molecule has 0 aromatic heterocycles. The van der Waals surface area contributed by atoms with E-state index in [1.165, 1.54) is 7.11 Å². The third-order valence-corrected chi connectivity index (χ3v) is 5.53. The molecule has 3 rings (SSSR count). The monoisotopic (exact) mass is 447 g/mol. The van der Waals surface area contributed by atoms with Crippen molar-refractivity contribution in [3.63, 3.8) is 0 Å². The van der Waals surface area contributed by atoms with Crippen LogP contribution in [0.4, 0.5) is 0 Å². The highest BCUT2D eigenvalue weighted by Crippen LogP contribution is 2.23. The molecule has 0 spiro atoms. The van der Waals surface area contributed by atoms with Gasteiger partial charge in [0, 0.05) is 20.1 Å². The lowest BCUT2D eigenvalue weighted by molar-refractivity contribution is -0.148. The average Bonchev–Trinajstić information content (AvgIpc) is 2.85. The molecule has 172 valence electrons. The van der Waals surface area contributed by atoms with E-state index in [0.717, 1.165) is 16.7 Å². The van der Waals surface area contributed by atoms with Gasteiger partial charge in [-0.2, -0.15) is 0 Å². The molecular formula is C27H29NO5. The van der Waals surface area contributed by atoms with Crippen molar-refractivity contribution < 1.29 is 24.2 Å². The Kier molecular flexibility index (Phi) is 8.61. The van der Waals surface area contributed by atoms with Crippen LogP contribution in [-0.2, 0) is 27.3 Å². The summed E-state index contributed by atoms with van der Waals surface area (Å²) in [6, 6.07) is 26.7. The number of carboxylic acid groups (broad SMARTS) is 1. The van der Waals surface area contributed by atoms with E-state index < -0.39 is 12.1 Å². The highest BCUT2D eigenvalue weighted by molar-refractivity contribution is 5.78. The minimum absolute atomic E-state index is 0.0980. The van der Waals surface area contributed by atoms with Gasteiger partial charge in [-0.25, -0.2) is 4.79 Å². The van der Waals surface area contributed by atoms with E-state index in [1.54, 1.807) is 24.3 Å². The molecule has 1 amide bonds. The van der Waals surface area contributed by atoms with Crippen molar-refractivity contribution >= 4 is 11.9 Å². The molecule has 6 nitrogen and oxygen atoms in total. The van der Waals surface area contributed by atoms with Gasteiger partial charge in [-0.05, 0) is 35.7 Å². The molecule has 0 bridgehead atoms. The van der Waals surface area contributed by atoms with Crippen LogP contribution in [-0.4, -0.2) is 41.7 Å². The number of carbonyl (C=O) groups is 2. The van der Waals surface area contributed by atoms with Crippen molar-refractivity contribution in [2.75, 3.05) is 13.7 Å². The van der Waals surface area contributed by atoms with Crippen LogP contribution in [0.5, 0.6) is 5.75 Å². The molecule has 0 saturated carbocycles. The molecule has 1 N–H and O–H groups in total. The Balaban J connectivity index is 1.67. The fourth-order valence-corrected chi connectivity index (χ4v) is 3.57. The van der Waals surface area contributed by atoms with Crippen LogP contribution in [0.3, 0.4) is 0 Å². The zero-order chi connectivity index (χ0) is 23.6. The molecule has 33 heavy (non-hydrogen) atoms. The van der Waals surface area contributed by atoms with Crippen molar-refractivity contribution in [1.82, 2.24) is 4.90 Å². The predicted molar refractivity (Wildman–Crippen MR) is 126 cm³/mol. The van der Waals surface area contributed by atoms with Gasteiger partial charge in [0.1, 0.15) is 5.75 Å². The summed E-state index contributed by atoms with van der Waals surface area (Å²) in [5, 5.41) is 9.13. The van der Waals surface area contributed by atoms with Gasteiger partial charge in [0.2, 0.25) is 0 Å². The zero-order valence-corrected chi connectivity index (χ0v) is 18.9. The fraction of sp³-hybridized carbons (Fsp3) is 0.259. The number of methoxy groups -OCH3 is 1. The summed E-state index contributed by atoms with van der Waals surface area (Å²) in [5.74, 6) is -0.581. The Labute approximate surface area is 194 Å². The second-order valence-corrected chi connectivity index (χ2v) is 7.79. The number of amides is 1. The molecule has 6 heteroatoms. The summed E-state index contributed by atoms with van der Waals surface area (Å²) in [6.45, 7) is 2.39. The van der Waals surface area contributed by atoms with Crippen LogP contribution in [0.25, 0.3) is 0 Å². The van der Waals surface area contributed by atoms with Gasteiger partial charge in [0.05, 0.1) is 6.04 Å². The van der Waals surface area contributed by atoms with Crippen LogP contribution >= 0.6 is 0 Å². The van der Waals surface area contributed by atoms with Crippen LogP contribution in [0.15, 0.2) is 84.9 Å². The molecule has 0 fully saturated rings. The quantitative estimate of drug-likeness (QED) is 0.468. The number of aliphatic carboxylic acids is 1. The van der Waals surface area contributed by atoms with Gasteiger partial charge in [-0.3, -0.25) is 4.79 Å². The third kappa shape index (κ3) is 6.92. The zero-order valence-electron chi connectivity index (χ0n) is 18.9. The maximum absolute atomic E-state index is 13.2. The second kappa shape index (κ2) is 11.8. The molecule has 3 aromatic carbocycles. The molecule has 2 atom stereocenters. The lowest BCUT2D eigenvalue weighted by Crippen LogP contribution is -2.36. The topological polar surface area (TPSA) is 76.1 Å². The van der Waals surface area contributed by atoms with Gasteiger partial charge in [0.25, 0.3) is 5.91 Å². The minimum atomic E-state index is -1.01. The van der Waals surface area contributed by atoms with Gasteiger partial charge < -0.3 is 19.5 Å². The summed E-state index contributed by atoms with van der Waals surface area (Å²) < 4.78 is 10.7. The lowest BCUT2D eigenvalue weighted by atomic mass is 10.1. The average molecular weight is 448 g/mol. The van der Waals surface area contributed by atoms with Crippen molar-refractivity contribution in [2.45, 2.75) is 32.0 Å². The molecule has 0 saturated heterocycles. The Morgan fingerprint density at radius 2 is 1.48 bits per heavy atom. The SMILES string of the molecule is CO[C@@H](Cc1ccc(OCC(=O)N(Cc2ccccc2)[C@H](C)c2ccccc2)cc1)C(=O)O. The first-order valence-corrected chi connectivity index (χ1v) is 10.8. The Bertz CT molecular complexity index is 1020. The number of carbonyl (C=O) groups excluding carboxylic acids is 1. The van der Waals surface area contributed by atoms with E-state index in [1.807, 2.05) is 72.5 Å². The number of rotatable bonds is 11. The fourth-order valence-electron chi connectivity index (χ4n) is 3.57. The highest BCUT2D eigenvalue weighted by Gasteiger charge is 2.22. The van der Waals surface area contributed by atoms with E-state index in [0.29, 0.717) is 12.3 Å². The van der Waals surface area contributed by atoms with Crippen LogP contribution < -0.4 is 4.74 Å². The van der Waals surface area contributed by atoms with Crippen molar-refractivity contribution in [3.05, 3.63) is 102 Å². The molecule has 0 aliphatic heterocycles. The summed E-state index contributed by atoms with van der Waals surface area (Å²) in [7, 11) is 1.37. The Morgan fingerprint density at radius 1 is 0.879 bits per heavy atom. The first kappa shape index (κ1) is 24.0. The predicted octanol–water partition coefficient (Wildman–Crippen LogP) is 4.50. The normalized spacial score (nSPS) is 12.5. The molecular weight excluding hydrogens is 418 g/mol. The summed E-state index contributed by atoms with van der Waals surface area (Å²) >= 11 is 0. The first-order chi connectivity index (χ1) is 16.0. The molecule has 0 radical (unpaired) electrons. The summed E-state index contributed by atoms with van der Waals surface area (Å²) in [6.07, 6.45) is -0.644. The number of ether oxygens (including phenoxy) is 2. The van der Waals surface area contributed by atoms with Gasteiger partial charge in [-0.1, -0.05) is 72.8 Å². The lowest BCUT2D eigenvalue weighted by Gasteiger charge is -2.30. The van der Waals surface area contributed by atoms with Gasteiger partial charge in [0.15, 0.2) is 12.7 Å². The standard InChI is InChI=1S/C27H29NO5/c1-20(23-11-7-4-8-12-23)28(18-22-9-5-3-6-10-22)26(29)19-33-24-15-13-21(14-16-24)17-25(32-2)27(30)31/h3-16,20,25H,17-19H2,1-2H3,(H,30,31)/t20-,25+/m1/s1. The van der Waals surface area contributed by atoms with Crippen LogP contribution in [0, 0.1) is 0 Å². The molecule has 0 unspecified atom stereocenters. The number of carboxylic acids is 1. The minimum Gasteiger partial charge on any atom is -0.484 e. The molecule has 0 aliphatic rings. The van der Waals surface area contributed by atoms with Crippen LogP contribution in [0.1, 0.15) is 29.7 Å². The van der Waals surface area contributed by atoms with E-state index >= 15 is 0 Å². The van der Waals surface area contributed by atoms with E-state index in [2.05, 4.69) is 0 Å². The largest absolute Gasteiger partial charge is 0.484 e. The maximum Gasteiger partial charge on any atom is 0.333 e. The molecule has 0 heterocycles. The maximum atomic E-state index is 13.2. The van der Waals surface area contributed by atoms with Crippen molar-refractivity contribution in [3.8, 4) is 5.75 Å². The third-order valence-electron chi connectivity index (χ3n) is 5.53. The highest BCUT2D eigenvalue weighted by atomic mass is 16.5. The first-order valence-electron chi connectivity index (χ1n) is 10.8. The number of hydrogen-bond donors (Lipinski definition) is 1. The molecule has 0 aliphatic carbocycles. The van der Waals surface area contributed by atoms with E-state index in [-0.39, 0.29) is 25.0 Å². The Hall–Kier alpha value is -3.64. The van der Waals surface area contributed by atoms with E-state index in [4.69, 9.17) is 14.6 Å². The summed E-state index contributed by atoms with van der Waals surface area (Å²) in [5.41, 5.74) is 2.91. The number of hydrogen-bond acceptors (Lipinski definition) is 4. The number of benzene rings is 3. The second-order valence-electron chi connectivity index (χ2n) is 7.79. The summed E-state index contributed by atoms with van der Waals surface area (Å²) in [4.78, 5) is 26.1.